The fourth-order valence-electron chi connectivity index (χ4n) is 3.46. The Morgan fingerprint density at radius 2 is 1.97 bits per heavy atom. The molecular formula is C22H22FN3O3. The van der Waals surface area contributed by atoms with Crippen molar-refractivity contribution in [2.24, 2.45) is 0 Å². The molecule has 0 radical (unpaired) electrons. The third-order valence-corrected chi connectivity index (χ3v) is 5.12. The van der Waals surface area contributed by atoms with Crippen LogP contribution in [0, 0.1) is 12.7 Å². The predicted octanol–water partition coefficient (Wildman–Crippen LogP) is 4.17. The summed E-state index contributed by atoms with van der Waals surface area (Å²) in [4.78, 5) is 19.0. The van der Waals surface area contributed by atoms with E-state index >= 15 is 0 Å². The van der Waals surface area contributed by atoms with Crippen molar-refractivity contribution in [1.82, 2.24) is 15.0 Å². The van der Waals surface area contributed by atoms with Crippen molar-refractivity contribution < 1.29 is 18.4 Å². The topological polar surface area (TPSA) is 68.5 Å². The number of pyridine rings is 1. The van der Waals surface area contributed by atoms with Gasteiger partial charge in [0.25, 0.3) is 5.91 Å². The summed E-state index contributed by atoms with van der Waals surface area (Å²) in [5.41, 5.74) is 3.52. The maximum Gasteiger partial charge on any atom is 0.255 e. The van der Waals surface area contributed by atoms with Gasteiger partial charge < -0.3 is 14.2 Å². The number of fused-ring (bicyclic) bond motifs is 1. The lowest BCUT2D eigenvalue weighted by atomic mass is 10.0. The van der Waals surface area contributed by atoms with Gasteiger partial charge in [-0.3, -0.25) is 4.79 Å². The Labute approximate surface area is 168 Å². The van der Waals surface area contributed by atoms with Crippen LogP contribution in [0.5, 0.6) is 5.88 Å². The van der Waals surface area contributed by atoms with E-state index in [1.807, 2.05) is 18.7 Å². The molecule has 6 nitrogen and oxygen atoms in total. The summed E-state index contributed by atoms with van der Waals surface area (Å²) >= 11 is 0. The summed E-state index contributed by atoms with van der Waals surface area (Å²) in [5.74, 6) is 0.773. The lowest BCUT2D eigenvalue weighted by Gasteiger charge is -2.31. The van der Waals surface area contributed by atoms with Crippen LogP contribution in [0.1, 0.15) is 41.2 Å². The van der Waals surface area contributed by atoms with Gasteiger partial charge in [0.05, 0.1) is 16.8 Å². The summed E-state index contributed by atoms with van der Waals surface area (Å²) in [6, 6.07) is 9.71. The number of benzene rings is 1. The molecule has 1 aliphatic heterocycles. The Bertz CT molecular complexity index is 1040. The van der Waals surface area contributed by atoms with Gasteiger partial charge in [-0.15, -0.1) is 0 Å². The van der Waals surface area contributed by atoms with E-state index in [1.54, 1.807) is 31.2 Å². The molecule has 1 amide bonds. The largest absolute Gasteiger partial charge is 0.473 e. The van der Waals surface area contributed by atoms with Crippen molar-refractivity contribution in [1.29, 1.82) is 0 Å². The molecule has 0 N–H and O–H groups in total. The molecule has 0 fully saturated rings. The van der Waals surface area contributed by atoms with Crippen molar-refractivity contribution in [3.63, 3.8) is 0 Å². The fraction of sp³-hybridized carbons (Fsp3) is 0.318. The molecule has 2 aromatic heterocycles. The second-order valence-corrected chi connectivity index (χ2v) is 7.35. The first-order valence-electron chi connectivity index (χ1n) is 9.59. The maximum atomic E-state index is 13.2. The average molecular weight is 395 g/mol. The first-order chi connectivity index (χ1) is 13.9. The van der Waals surface area contributed by atoms with E-state index in [0.717, 1.165) is 16.8 Å². The van der Waals surface area contributed by atoms with Crippen LogP contribution < -0.4 is 4.74 Å². The summed E-state index contributed by atoms with van der Waals surface area (Å²) in [6.45, 7) is 6.68. The van der Waals surface area contributed by atoms with Crippen LogP contribution >= 0.6 is 0 Å². The molecule has 4 rings (SSSR count). The minimum absolute atomic E-state index is 0.00813. The maximum absolute atomic E-state index is 13.2. The van der Waals surface area contributed by atoms with E-state index in [2.05, 4.69) is 10.1 Å². The van der Waals surface area contributed by atoms with Gasteiger partial charge in [-0.25, -0.2) is 9.37 Å². The fourth-order valence-corrected chi connectivity index (χ4v) is 3.46. The lowest BCUT2D eigenvalue weighted by molar-refractivity contribution is 0.0686. The van der Waals surface area contributed by atoms with Gasteiger partial charge in [0.2, 0.25) is 5.88 Å². The molecule has 3 heterocycles. The van der Waals surface area contributed by atoms with E-state index in [9.17, 15) is 9.18 Å². The molecule has 29 heavy (non-hydrogen) atoms. The SMILES string of the molecule is Cc1onc(-c2ccc(F)cc2)c1COc1ccc2c(n1)CCN(C(C)C)C2=O. The highest BCUT2D eigenvalue weighted by molar-refractivity contribution is 5.96. The standard InChI is InChI=1S/C22H22FN3O3/c1-13(2)26-11-10-19-17(22(26)27)8-9-20(24-19)28-12-18-14(3)29-25-21(18)15-4-6-16(23)7-5-15/h4-9,13H,10-12H2,1-3H3. The summed E-state index contributed by atoms with van der Waals surface area (Å²) < 4.78 is 24.4. The van der Waals surface area contributed by atoms with Crippen LogP contribution in [0.4, 0.5) is 4.39 Å². The van der Waals surface area contributed by atoms with Gasteiger partial charge >= 0.3 is 0 Å². The van der Waals surface area contributed by atoms with E-state index in [1.165, 1.54) is 12.1 Å². The molecule has 0 unspecified atom stereocenters. The van der Waals surface area contributed by atoms with E-state index in [-0.39, 0.29) is 24.4 Å². The number of hydrogen-bond donors (Lipinski definition) is 0. The minimum atomic E-state index is -0.310. The lowest BCUT2D eigenvalue weighted by Crippen LogP contribution is -2.42. The van der Waals surface area contributed by atoms with Crippen molar-refractivity contribution in [2.45, 2.75) is 39.8 Å². The molecular weight excluding hydrogens is 373 g/mol. The van der Waals surface area contributed by atoms with Crippen LogP contribution in [0.25, 0.3) is 11.3 Å². The summed E-state index contributed by atoms with van der Waals surface area (Å²) in [7, 11) is 0. The number of aryl methyl sites for hydroxylation is 1. The Hall–Kier alpha value is -3.22. The number of carbonyl (C=O) groups is 1. The van der Waals surface area contributed by atoms with E-state index in [4.69, 9.17) is 9.26 Å². The monoisotopic (exact) mass is 395 g/mol. The highest BCUT2D eigenvalue weighted by Crippen LogP contribution is 2.27. The van der Waals surface area contributed by atoms with E-state index in [0.29, 0.717) is 35.9 Å². The third-order valence-electron chi connectivity index (χ3n) is 5.12. The molecule has 150 valence electrons. The van der Waals surface area contributed by atoms with Gasteiger partial charge in [0.1, 0.15) is 23.9 Å². The van der Waals surface area contributed by atoms with Gasteiger partial charge in [-0.2, -0.15) is 0 Å². The molecule has 0 bridgehead atoms. The van der Waals surface area contributed by atoms with Crippen LogP contribution in [0.15, 0.2) is 40.9 Å². The molecule has 0 aliphatic carbocycles. The summed E-state index contributed by atoms with van der Waals surface area (Å²) in [6.07, 6.45) is 0.698. The van der Waals surface area contributed by atoms with Gasteiger partial charge in [0, 0.05) is 30.6 Å². The second kappa shape index (κ2) is 7.66. The van der Waals surface area contributed by atoms with Gasteiger partial charge in [0.15, 0.2) is 0 Å². The number of ether oxygens (including phenoxy) is 1. The first-order valence-corrected chi connectivity index (χ1v) is 9.59. The number of amides is 1. The Balaban J connectivity index is 1.53. The third kappa shape index (κ3) is 3.72. The average Bonchev–Trinajstić information content (AvgIpc) is 3.07. The zero-order valence-corrected chi connectivity index (χ0v) is 16.6. The second-order valence-electron chi connectivity index (χ2n) is 7.35. The smallest absolute Gasteiger partial charge is 0.255 e. The van der Waals surface area contributed by atoms with Crippen molar-refractivity contribution >= 4 is 5.91 Å². The van der Waals surface area contributed by atoms with Gasteiger partial charge in [-0.05, 0) is 51.1 Å². The molecule has 1 aliphatic rings. The molecule has 0 saturated heterocycles. The van der Waals surface area contributed by atoms with Gasteiger partial charge in [-0.1, -0.05) is 5.16 Å². The predicted molar refractivity (Wildman–Crippen MR) is 105 cm³/mol. The molecule has 1 aromatic carbocycles. The minimum Gasteiger partial charge on any atom is -0.473 e. The zero-order chi connectivity index (χ0) is 20.5. The number of halogens is 1. The Kier molecular flexibility index (Phi) is 5.05. The normalized spacial score (nSPS) is 13.7. The highest BCUT2D eigenvalue weighted by Gasteiger charge is 2.27. The molecule has 0 spiro atoms. The van der Waals surface area contributed by atoms with Crippen LogP contribution in [-0.2, 0) is 13.0 Å². The molecule has 3 aromatic rings. The number of hydrogen-bond acceptors (Lipinski definition) is 5. The van der Waals surface area contributed by atoms with E-state index < -0.39 is 0 Å². The van der Waals surface area contributed by atoms with Crippen LogP contribution in [0.2, 0.25) is 0 Å². The highest BCUT2D eigenvalue weighted by atomic mass is 19.1. The summed E-state index contributed by atoms with van der Waals surface area (Å²) in [5, 5.41) is 4.08. The van der Waals surface area contributed by atoms with Crippen molar-refractivity contribution in [2.75, 3.05) is 6.54 Å². The van der Waals surface area contributed by atoms with Crippen molar-refractivity contribution in [3.8, 4) is 17.1 Å². The number of aromatic nitrogens is 2. The number of rotatable bonds is 5. The van der Waals surface area contributed by atoms with Crippen LogP contribution in [-0.4, -0.2) is 33.5 Å². The zero-order valence-electron chi connectivity index (χ0n) is 16.6. The first kappa shape index (κ1) is 19.1. The molecule has 0 saturated carbocycles. The number of carbonyl (C=O) groups excluding carboxylic acids is 1. The quantitative estimate of drug-likeness (QED) is 0.649. The Morgan fingerprint density at radius 1 is 1.21 bits per heavy atom. The molecule has 0 atom stereocenters. The molecule has 7 heteroatoms. The number of nitrogens with zero attached hydrogens (tertiary/aromatic N) is 3. The van der Waals surface area contributed by atoms with Crippen molar-refractivity contribution in [3.05, 3.63) is 64.8 Å². The Morgan fingerprint density at radius 3 is 2.69 bits per heavy atom. The van der Waals surface area contributed by atoms with Crippen LogP contribution in [0.3, 0.4) is 0 Å².